The molecule has 2 N–H and O–H groups in total. The molecule has 0 amide bonds. The van der Waals surface area contributed by atoms with E-state index in [0.717, 1.165) is 6.54 Å². The summed E-state index contributed by atoms with van der Waals surface area (Å²) in [7, 11) is 0. The Labute approximate surface area is 111 Å². The van der Waals surface area contributed by atoms with Gasteiger partial charge >= 0.3 is 0 Å². The van der Waals surface area contributed by atoms with Crippen molar-refractivity contribution in [2.24, 2.45) is 5.73 Å². The normalized spacial score (nSPS) is 23.1. The second kappa shape index (κ2) is 6.35. The standard InChI is InChI=1S/C16H26N2/c1-3-5-12-18(4-2)15-11-10-13-8-6-7-9-14(13)16(15)17/h6-9,15-16H,3-5,10-12,17H2,1-2H3. The molecule has 1 aliphatic rings. The highest BCUT2D eigenvalue weighted by molar-refractivity contribution is 5.33. The van der Waals surface area contributed by atoms with Crippen LogP contribution in [0.2, 0.25) is 0 Å². The summed E-state index contributed by atoms with van der Waals surface area (Å²) in [4.78, 5) is 2.57. The lowest BCUT2D eigenvalue weighted by atomic mass is 9.83. The van der Waals surface area contributed by atoms with E-state index < -0.39 is 0 Å². The quantitative estimate of drug-likeness (QED) is 0.865. The maximum Gasteiger partial charge on any atom is 0.0455 e. The molecule has 0 spiro atoms. The first kappa shape index (κ1) is 13.6. The van der Waals surface area contributed by atoms with Gasteiger partial charge in [-0.1, -0.05) is 44.5 Å². The number of hydrogen-bond donors (Lipinski definition) is 1. The van der Waals surface area contributed by atoms with E-state index >= 15 is 0 Å². The van der Waals surface area contributed by atoms with E-state index in [-0.39, 0.29) is 6.04 Å². The predicted molar refractivity (Wildman–Crippen MR) is 77.6 cm³/mol. The van der Waals surface area contributed by atoms with Crippen LogP contribution in [-0.4, -0.2) is 24.0 Å². The van der Waals surface area contributed by atoms with Crippen molar-refractivity contribution < 1.29 is 0 Å². The van der Waals surface area contributed by atoms with Crippen LogP contribution in [0.4, 0.5) is 0 Å². The van der Waals surface area contributed by atoms with E-state index in [4.69, 9.17) is 5.73 Å². The van der Waals surface area contributed by atoms with Crippen LogP contribution in [0.1, 0.15) is 50.3 Å². The van der Waals surface area contributed by atoms with Crippen LogP contribution in [0.3, 0.4) is 0 Å². The summed E-state index contributed by atoms with van der Waals surface area (Å²) in [6.45, 7) is 6.81. The van der Waals surface area contributed by atoms with Gasteiger partial charge < -0.3 is 5.73 Å². The van der Waals surface area contributed by atoms with Gasteiger partial charge in [-0.05, 0) is 43.5 Å². The van der Waals surface area contributed by atoms with Crippen molar-refractivity contribution in [3.63, 3.8) is 0 Å². The van der Waals surface area contributed by atoms with Gasteiger partial charge in [0.2, 0.25) is 0 Å². The van der Waals surface area contributed by atoms with Crippen molar-refractivity contribution in [1.29, 1.82) is 0 Å². The molecule has 0 fully saturated rings. The highest BCUT2D eigenvalue weighted by Gasteiger charge is 2.29. The predicted octanol–water partition coefficient (Wildman–Crippen LogP) is 3.12. The molecule has 0 heterocycles. The topological polar surface area (TPSA) is 29.3 Å². The number of benzene rings is 1. The van der Waals surface area contributed by atoms with Crippen molar-refractivity contribution in [3.05, 3.63) is 35.4 Å². The zero-order chi connectivity index (χ0) is 13.0. The summed E-state index contributed by atoms with van der Waals surface area (Å²) in [5, 5.41) is 0. The Bertz CT molecular complexity index is 375. The van der Waals surface area contributed by atoms with Crippen molar-refractivity contribution in [3.8, 4) is 0 Å². The zero-order valence-electron chi connectivity index (χ0n) is 11.7. The lowest BCUT2D eigenvalue weighted by molar-refractivity contribution is 0.160. The highest BCUT2D eigenvalue weighted by Crippen LogP contribution is 2.31. The Morgan fingerprint density at radius 3 is 2.78 bits per heavy atom. The van der Waals surface area contributed by atoms with Gasteiger partial charge in [-0.25, -0.2) is 0 Å². The Morgan fingerprint density at radius 2 is 2.06 bits per heavy atom. The second-order valence-electron chi connectivity index (χ2n) is 5.31. The first-order valence-electron chi connectivity index (χ1n) is 7.35. The Morgan fingerprint density at radius 1 is 1.28 bits per heavy atom. The van der Waals surface area contributed by atoms with Crippen LogP contribution >= 0.6 is 0 Å². The molecule has 2 heteroatoms. The van der Waals surface area contributed by atoms with E-state index in [1.807, 2.05) is 0 Å². The number of nitrogens with zero attached hydrogens (tertiary/aromatic N) is 1. The third-order valence-electron chi connectivity index (χ3n) is 4.21. The number of fused-ring (bicyclic) bond motifs is 1. The van der Waals surface area contributed by atoms with Gasteiger partial charge in [0, 0.05) is 12.1 Å². The summed E-state index contributed by atoms with van der Waals surface area (Å²) >= 11 is 0. The van der Waals surface area contributed by atoms with Gasteiger partial charge in [0.1, 0.15) is 0 Å². The summed E-state index contributed by atoms with van der Waals surface area (Å²) in [6.07, 6.45) is 4.92. The maximum absolute atomic E-state index is 6.50. The number of aryl methyl sites for hydroxylation is 1. The average molecular weight is 246 g/mol. The number of hydrogen-bond acceptors (Lipinski definition) is 2. The largest absolute Gasteiger partial charge is 0.323 e. The average Bonchev–Trinajstić information content (AvgIpc) is 2.42. The van der Waals surface area contributed by atoms with Crippen LogP contribution < -0.4 is 5.73 Å². The summed E-state index contributed by atoms with van der Waals surface area (Å²) in [6, 6.07) is 9.39. The number of likely N-dealkylation sites (N-methyl/N-ethyl adjacent to an activating group) is 1. The second-order valence-corrected chi connectivity index (χ2v) is 5.31. The summed E-state index contributed by atoms with van der Waals surface area (Å²) in [5.41, 5.74) is 9.31. The van der Waals surface area contributed by atoms with Gasteiger partial charge in [-0.3, -0.25) is 4.90 Å². The van der Waals surface area contributed by atoms with E-state index in [1.165, 1.54) is 43.4 Å². The van der Waals surface area contributed by atoms with Crippen LogP contribution in [0.5, 0.6) is 0 Å². The van der Waals surface area contributed by atoms with Crippen LogP contribution in [0.15, 0.2) is 24.3 Å². The Balaban J connectivity index is 2.12. The zero-order valence-corrected chi connectivity index (χ0v) is 11.7. The molecular formula is C16H26N2. The highest BCUT2D eigenvalue weighted by atomic mass is 15.2. The molecule has 0 radical (unpaired) electrons. The molecule has 100 valence electrons. The lowest BCUT2D eigenvalue weighted by Crippen LogP contribution is -2.45. The minimum absolute atomic E-state index is 0.187. The van der Waals surface area contributed by atoms with Gasteiger partial charge in [0.15, 0.2) is 0 Å². The third kappa shape index (κ3) is 2.76. The molecule has 1 aromatic rings. The molecule has 2 unspecified atom stereocenters. The summed E-state index contributed by atoms with van der Waals surface area (Å²) in [5.74, 6) is 0. The van der Waals surface area contributed by atoms with E-state index in [0.29, 0.717) is 6.04 Å². The molecule has 0 aromatic heterocycles. The van der Waals surface area contributed by atoms with Gasteiger partial charge in [-0.15, -0.1) is 0 Å². The first-order valence-corrected chi connectivity index (χ1v) is 7.35. The van der Waals surface area contributed by atoms with E-state index in [9.17, 15) is 0 Å². The molecule has 0 aliphatic heterocycles. The molecule has 1 aliphatic carbocycles. The van der Waals surface area contributed by atoms with E-state index in [1.54, 1.807) is 0 Å². The molecule has 0 saturated heterocycles. The number of unbranched alkanes of at least 4 members (excludes halogenated alkanes) is 1. The SMILES string of the molecule is CCCCN(CC)C1CCc2ccccc2C1N. The minimum Gasteiger partial charge on any atom is -0.323 e. The fraction of sp³-hybridized carbons (Fsp3) is 0.625. The molecule has 2 rings (SSSR count). The molecule has 2 atom stereocenters. The Kier molecular flexibility index (Phi) is 4.79. The molecule has 2 nitrogen and oxygen atoms in total. The van der Waals surface area contributed by atoms with Crippen molar-refractivity contribution in [2.75, 3.05) is 13.1 Å². The molecule has 18 heavy (non-hydrogen) atoms. The lowest BCUT2D eigenvalue weighted by Gasteiger charge is -2.39. The molecular weight excluding hydrogens is 220 g/mol. The van der Waals surface area contributed by atoms with Gasteiger partial charge in [0.25, 0.3) is 0 Å². The molecule has 0 saturated carbocycles. The Hall–Kier alpha value is -0.860. The fourth-order valence-corrected chi connectivity index (χ4v) is 3.11. The monoisotopic (exact) mass is 246 g/mol. The van der Waals surface area contributed by atoms with E-state index in [2.05, 4.69) is 43.0 Å². The van der Waals surface area contributed by atoms with Crippen molar-refractivity contribution in [2.45, 2.75) is 51.6 Å². The minimum atomic E-state index is 0.187. The molecule has 1 aromatic carbocycles. The molecule has 0 bridgehead atoms. The summed E-state index contributed by atoms with van der Waals surface area (Å²) < 4.78 is 0. The van der Waals surface area contributed by atoms with Crippen molar-refractivity contribution >= 4 is 0 Å². The van der Waals surface area contributed by atoms with Crippen LogP contribution in [0, 0.1) is 0 Å². The fourth-order valence-electron chi connectivity index (χ4n) is 3.11. The van der Waals surface area contributed by atoms with Crippen molar-refractivity contribution in [1.82, 2.24) is 4.90 Å². The van der Waals surface area contributed by atoms with Crippen LogP contribution in [-0.2, 0) is 6.42 Å². The smallest absolute Gasteiger partial charge is 0.0455 e. The number of nitrogens with two attached hydrogens (primary N) is 1. The third-order valence-corrected chi connectivity index (χ3v) is 4.21. The van der Waals surface area contributed by atoms with Crippen LogP contribution in [0.25, 0.3) is 0 Å². The maximum atomic E-state index is 6.50. The first-order chi connectivity index (χ1) is 8.77. The van der Waals surface area contributed by atoms with Gasteiger partial charge in [-0.2, -0.15) is 0 Å². The van der Waals surface area contributed by atoms with Gasteiger partial charge in [0.05, 0.1) is 0 Å². The number of rotatable bonds is 5.